The molecule has 1 nitrogen and oxygen atoms in total. The Morgan fingerprint density at radius 1 is 0.857 bits per heavy atom. The normalized spacial score (nSPS) is 10.1. The molecule has 2 aromatic rings. The molecular weight excluding hydrogens is 217 g/mol. The Labute approximate surface area is 92.3 Å². The topological polar surface area (TPSA) is 12.9 Å². The van der Waals surface area contributed by atoms with Gasteiger partial charge in [0, 0.05) is 11.8 Å². The highest BCUT2D eigenvalue weighted by Crippen LogP contribution is 2.32. The molecule has 1 aromatic heterocycles. The van der Waals surface area contributed by atoms with Crippen LogP contribution in [0.4, 0.5) is 0 Å². The van der Waals surface area contributed by atoms with Crippen LogP contribution in [0.1, 0.15) is 0 Å². The lowest BCUT2D eigenvalue weighted by Gasteiger charge is -2.04. The SMILES string of the molecule is Clc1cccc(Cl)c1-c1ccccn1. The van der Waals surface area contributed by atoms with Crippen molar-refractivity contribution < 1.29 is 0 Å². The molecule has 0 fully saturated rings. The number of halogens is 2. The van der Waals surface area contributed by atoms with E-state index in [0.717, 1.165) is 11.3 Å². The lowest BCUT2D eigenvalue weighted by atomic mass is 10.1. The first-order valence-corrected chi connectivity index (χ1v) is 4.90. The van der Waals surface area contributed by atoms with Gasteiger partial charge in [0.25, 0.3) is 0 Å². The zero-order chi connectivity index (χ0) is 9.97. The minimum atomic E-state index is 0.621. The average Bonchev–Trinajstić information content (AvgIpc) is 2.19. The molecule has 0 atom stereocenters. The Hall–Kier alpha value is -1.05. The summed E-state index contributed by atoms with van der Waals surface area (Å²) in [5.41, 5.74) is 1.58. The van der Waals surface area contributed by atoms with E-state index in [4.69, 9.17) is 23.2 Å². The highest BCUT2D eigenvalue weighted by Gasteiger charge is 2.07. The van der Waals surface area contributed by atoms with Crippen molar-refractivity contribution >= 4 is 23.2 Å². The minimum absolute atomic E-state index is 0.621. The zero-order valence-electron chi connectivity index (χ0n) is 7.24. The molecule has 0 aliphatic heterocycles. The number of nitrogens with zero attached hydrogens (tertiary/aromatic N) is 1. The van der Waals surface area contributed by atoms with Crippen LogP contribution in [0.3, 0.4) is 0 Å². The van der Waals surface area contributed by atoms with Crippen LogP contribution in [0, 0.1) is 0 Å². The van der Waals surface area contributed by atoms with Gasteiger partial charge in [-0.2, -0.15) is 0 Å². The van der Waals surface area contributed by atoms with E-state index in [9.17, 15) is 0 Å². The summed E-state index contributed by atoms with van der Waals surface area (Å²) >= 11 is 12.1. The van der Waals surface area contributed by atoms with Gasteiger partial charge in [-0.05, 0) is 24.3 Å². The molecule has 0 aliphatic carbocycles. The van der Waals surface area contributed by atoms with E-state index in [1.165, 1.54) is 0 Å². The Balaban J connectivity index is 2.63. The fourth-order valence-corrected chi connectivity index (χ4v) is 1.84. The van der Waals surface area contributed by atoms with Gasteiger partial charge in [0.2, 0.25) is 0 Å². The van der Waals surface area contributed by atoms with Crippen LogP contribution in [0.25, 0.3) is 11.3 Å². The van der Waals surface area contributed by atoms with E-state index in [-0.39, 0.29) is 0 Å². The number of benzene rings is 1. The highest BCUT2D eigenvalue weighted by molar-refractivity contribution is 6.39. The summed E-state index contributed by atoms with van der Waals surface area (Å²) in [6.45, 7) is 0. The molecule has 0 N–H and O–H groups in total. The third kappa shape index (κ3) is 1.74. The molecule has 1 aromatic carbocycles. The van der Waals surface area contributed by atoms with Gasteiger partial charge >= 0.3 is 0 Å². The lowest BCUT2D eigenvalue weighted by molar-refractivity contribution is 1.33. The van der Waals surface area contributed by atoms with Crippen LogP contribution in [0.5, 0.6) is 0 Å². The molecule has 3 heteroatoms. The zero-order valence-corrected chi connectivity index (χ0v) is 8.76. The van der Waals surface area contributed by atoms with Gasteiger partial charge in [0.15, 0.2) is 0 Å². The van der Waals surface area contributed by atoms with Crippen LogP contribution in [-0.4, -0.2) is 4.98 Å². The summed E-state index contributed by atoms with van der Waals surface area (Å²) in [4.78, 5) is 4.20. The smallest absolute Gasteiger partial charge is 0.0731 e. The highest BCUT2D eigenvalue weighted by atomic mass is 35.5. The maximum Gasteiger partial charge on any atom is 0.0731 e. The van der Waals surface area contributed by atoms with Crippen molar-refractivity contribution in [1.29, 1.82) is 0 Å². The second-order valence-corrected chi connectivity index (χ2v) is 3.63. The molecule has 0 unspecified atom stereocenters. The van der Waals surface area contributed by atoms with Gasteiger partial charge in [0.05, 0.1) is 15.7 Å². The summed E-state index contributed by atoms with van der Waals surface area (Å²) in [7, 11) is 0. The largest absolute Gasteiger partial charge is 0.256 e. The van der Waals surface area contributed by atoms with Crippen LogP contribution in [0.15, 0.2) is 42.6 Å². The van der Waals surface area contributed by atoms with E-state index < -0.39 is 0 Å². The summed E-state index contributed by atoms with van der Waals surface area (Å²) in [6.07, 6.45) is 1.72. The number of hydrogen-bond acceptors (Lipinski definition) is 1. The van der Waals surface area contributed by atoms with Crippen molar-refractivity contribution in [3.63, 3.8) is 0 Å². The van der Waals surface area contributed by atoms with Crippen LogP contribution >= 0.6 is 23.2 Å². The molecule has 0 amide bonds. The van der Waals surface area contributed by atoms with Gasteiger partial charge in [-0.3, -0.25) is 4.98 Å². The number of rotatable bonds is 1. The first-order chi connectivity index (χ1) is 6.79. The summed E-state index contributed by atoms with van der Waals surface area (Å²) < 4.78 is 0. The van der Waals surface area contributed by atoms with Crippen molar-refractivity contribution in [3.8, 4) is 11.3 Å². The van der Waals surface area contributed by atoms with E-state index in [2.05, 4.69) is 4.98 Å². The average molecular weight is 224 g/mol. The molecule has 0 saturated carbocycles. The molecule has 0 aliphatic rings. The van der Waals surface area contributed by atoms with Gasteiger partial charge in [-0.1, -0.05) is 35.3 Å². The van der Waals surface area contributed by atoms with Gasteiger partial charge < -0.3 is 0 Å². The van der Waals surface area contributed by atoms with Crippen molar-refractivity contribution in [3.05, 3.63) is 52.6 Å². The second kappa shape index (κ2) is 3.99. The molecular formula is C11H7Cl2N. The molecule has 0 bridgehead atoms. The Kier molecular flexibility index (Phi) is 2.71. The van der Waals surface area contributed by atoms with Gasteiger partial charge in [-0.15, -0.1) is 0 Å². The van der Waals surface area contributed by atoms with Gasteiger partial charge in [-0.25, -0.2) is 0 Å². The summed E-state index contributed by atoms with van der Waals surface area (Å²) in [6, 6.07) is 11.1. The monoisotopic (exact) mass is 223 g/mol. The summed E-state index contributed by atoms with van der Waals surface area (Å²) in [5, 5.41) is 1.24. The Morgan fingerprint density at radius 3 is 2.14 bits per heavy atom. The molecule has 14 heavy (non-hydrogen) atoms. The maximum absolute atomic E-state index is 6.04. The Bertz CT molecular complexity index is 420. The van der Waals surface area contributed by atoms with E-state index in [0.29, 0.717) is 10.0 Å². The predicted octanol–water partition coefficient (Wildman–Crippen LogP) is 4.06. The van der Waals surface area contributed by atoms with Crippen LogP contribution < -0.4 is 0 Å². The lowest BCUT2D eigenvalue weighted by Crippen LogP contribution is -1.84. The third-order valence-electron chi connectivity index (χ3n) is 1.88. The molecule has 0 saturated heterocycles. The number of hydrogen-bond donors (Lipinski definition) is 0. The minimum Gasteiger partial charge on any atom is -0.256 e. The van der Waals surface area contributed by atoms with Crippen molar-refractivity contribution in [1.82, 2.24) is 4.98 Å². The standard InChI is InChI=1S/C11H7Cl2N/c12-8-4-3-5-9(13)11(8)10-6-1-2-7-14-10/h1-7H. The molecule has 2 rings (SSSR count). The van der Waals surface area contributed by atoms with Crippen LogP contribution in [0.2, 0.25) is 10.0 Å². The number of pyridine rings is 1. The molecule has 70 valence electrons. The molecule has 1 heterocycles. The van der Waals surface area contributed by atoms with E-state index in [1.807, 2.05) is 24.3 Å². The third-order valence-corrected chi connectivity index (χ3v) is 2.51. The van der Waals surface area contributed by atoms with Gasteiger partial charge in [0.1, 0.15) is 0 Å². The second-order valence-electron chi connectivity index (χ2n) is 2.81. The maximum atomic E-state index is 6.04. The first kappa shape index (κ1) is 9.50. The fourth-order valence-electron chi connectivity index (χ4n) is 1.25. The van der Waals surface area contributed by atoms with E-state index >= 15 is 0 Å². The van der Waals surface area contributed by atoms with E-state index in [1.54, 1.807) is 18.3 Å². The quantitative estimate of drug-likeness (QED) is 0.711. The summed E-state index contributed by atoms with van der Waals surface area (Å²) in [5.74, 6) is 0. The molecule has 0 spiro atoms. The fraction of sp³-hybridized carbons (Fsp3) is 0. The van der Waals surface area contributed by atoms with Crippen LogP contribution in [-0.2, 0) is 0 Å². The van der Waals surface area contributed by atoms with Crippen molar-refractivity contribution in [2.45, 2.75) is 0 Å². The predicted molar refractivity (Wildman–Crippen MR) is 59.7 cm³/mol. The molecule has 0 radical (unpaired) electrons. The van der Waals surface area contributed by atoms with Crippen molar-refractivity contribution in [2.75, 3.05) is 0 Å². The Morgan fingerprint density at radius 2 is 1.57 bits per heavy atom. The van der Waals surface area contributed by atoms with Crippen molar-refractivity contribution in [2.24, 2.45) is 0 Å². The number of aromatic nitrogens is 1. The first-order valence-electron chi connectivity index (χ1n) is 4.14.